The van der Waals surface area contributed by atoms with E-state index in [0.29, 0.717) is 49.6 Å². The van der Waals surface area contributed by atoms with E-state index in [2.05, 4.69) is 0 Å². The number of halogens is 2. The molecule has 0 aliphatic heterocycles. The monoisotopic (exact) mass is 456 g/mol. The first-order valence-corrected chi connectivity index (χ1v) is 10.2. The Morgan fingerprint density at radius 1 is 0.935 bits per heavy atom. The first kappa shape index (κ1) is 21.1. The van der Waals surface area contributed by atoms with E-state index in [1.807, 2.05) is 6.07 Å². The highest BCUT2D eigenvalue weighted by molar-refractivity contribution is 6.35. The van der Waals surface area contributed by atoms with Crippen LogP contribution in [0.3, 0.4) is 0 Å². The van der Waals surface area contributed by atoms with Gasteiger partial charge < -0.3 is 18.6 Å². The number of ether oxygens (including phenoxy) is 3. The fourth-order valence-electron chi connectivity index (χ4n) is 3.11. The van der Waals surface area contributed by atoms with Crippen LogP contribution in [0.2, 0.25) is 10.0 Å². The fraction of sp³-hybridized carbons (Fsp3) is 0.125. The van der Waals surface area contributed by atoms with Gasteiger partial charge in [0, 0.05) is 21.7 Å². The van der Waals surface area contributed by atoms with Crippen molar-refractivity contribution in [3.63, 3.8) is 0 Å². The summed E-state index contributed by atoms with van der Waals surface area (Å²) in [6.45, 7) is 1.85. The second-order valence-corrected chi connectivity index (χ2v) is 7.53. The lowest BCUT2D eigenvalue weighted by Crippen LogP contribution is -2.08. The maximum absolute atomic E-state index is 13.0. The van der Waals surface area contributed by atoms with Gasteiger partial charge in [-0.3, -0.25) is 4.79 Å². The Hall–Kier alpha value is -3.15. The molecule has 0 N–H and O–H groups in total. The fourth-order valence-corrected chi connectivity index (χ4v) is 3.62. The van der Waals surface area contributed by atoms with Gasteiger partial charge in [-0.1, -0.05) is 41.4 Å². The molecule has 0 amide bonds. The minimum atomic E-state index is -0.287. The maximum Gasteiger partial charge on any atom is 0.235 e. The van der Waals surface area contributed by atoms with Crippen LogP contribution in [0.1, 0.15) is 11.3 Å². The molecule has 7 heteroatoms. The lowest BCUT2D eigenvalue weighted by Gasteiger charge is -2.12. The molecule has 4 rings (SSSR count). The van der Waals surface area contributed by atoms with E-state index in [4.69, 9.17) is 41.8 Å². The quantitative estimate of drug-likeness (QED) is 0.319. The van der Waals surface area contributed by atoms with E-state index in [1.54, 1.807) is 61.5 Å². The predicted molar refractivity (Wildman–Crippen MR) is 121 cm³/mol. The second-order valence-electron chi connectivity index (χ2n) is 6.72. The van der Waals surface area contributed by atoms with E-state index < -0.39 is 0 Å². The minimum absolute atomic E-state index is 0.105. The average Bonchev–Trinajstić information content (AvgIpc) is 2.76. The Kier molecular flexibility index (Phi) is 6.07. The van der Waals surface area contributed by atoms with E-state index in [-0.39, 0.29) is 17.8 Å². The number of para-hydroxylation sites is 2. The van der Waals surface area contributed by atoms with Crippen molar-refractivity contribution < 1.29 is 18.6 Å². The Labute approximate surface area is 188 Å². The summed E-state index contributed by atoms with van der Waals surface area (Å²) in [5, 5.41) is 1.42. The second kappa shape index (κ2) is 8.92. The summed E-state index contributed by atoms with van der Waals surface area (Å²) in [6.07, 6.45) is 0. The van der Waals surface area contributed by atoms with Gasteiger partial charge in [0.1, 0.15) is 23.7 Å². The highest BCUT2D eigenvalue weighted by atomic mass is 35.5. The van der Waals surface area contributed by atoms with Crippen molar-refractivity contribution >= 4 is 34.2 Å². The Balaban J connectivity index is 1.64. The maximum atomic E-state index is 13.0. The number of benzene rings is 3. The third-order valence-electron chi connectivity index (χ3n) is 4.71. The molecule has 0 atom stereocenters. The number of methoxy groups -OCH3 is 1. The molecule has 158 valence electrons. The Bertz CT molecular complexity index is 1290. The summed E-state index contributed by atoms with van der Waals surface area (Å²) in [7, 11) is 1.54. The molecular formula is C24H18Cl2O5. The van der Waals surface area contributed by atoms with Crippen LogP contribution >= 0.6 is 23.2 Å². The van der Waals surface area contributed by atoms with Crippen LogP contribution in [0, 0.1) is 6.92 Å². The van der Waals surface area contributed by atoms with Crippen LogP contribution < -0.4 is 19.6 Å². The van der Waals surface area contributed by atoms with Crippen molar-refractivity contribution in [3.8, 4) is 23.0 Å². The smallest absolute Gasteiger partial charge is 0.235 e. The molecule has 0 bridgehead atoms. The van der Waals surface area contributed by atoms with Crippen molar-refractivity contribution in [1.29, 1.82) is 0 Å². The largest absolute Gasteiger partial charge is 0.493 e. The topological polar surface area (TPSA) is 57.9 Å². The van der Waals surface area contributed by atoms with Crippen molar-refractivity contribution in [2.45, 2.75) is 13.5 Å². The molecule has 0 aliphatic rings. The van der Waals surface area contributed by atoms with E-state index in [9.17, 15) is 4.79 Å². The molecular weight excluding hydrogens is 439 g/mol. The summed E-state index contributed by atoms with van der Waals surface area (Å²) in [4.78, 5) is 13.0. The van der Waals surface area contributed by atoms with E-state index in [1.165, 1.54) is 7.11 Å². The predicted octanol–water partition coefficient (Wildman–Crippen LogP) is 6.79. The third-order valence-corrected chi connectivity index (χ3v) is 5.42. The Morgan fingerprint density at radius 2 is 1.65 bits per heavy atom. The molecule has 3 aromatic carbocycles. The number of hydrogen-bond donors (Lipinski definition) is 0. The first-order chi connectivity index (χ1) is 15.0. The van der Waals surface area contributed by atoms with Gasteiger partial charge in [0.15, 0.2) is 11.5 Å². The summed E-state index contributed by atoms with van der Waals surface area (Å²) in [6, 6.07) is 17.3. The molecule has 0 unspecified atom stereocenters. The van der Waals surface area contributed by atoms with Gasteiger partial charge in [0.25, 0.3) is 0 Å². The van der Waals surface area contributed by atoms with Crippen molar-refractivity contribution in [3.05, 3.63) is 92.3 Å². The highest BCUT2D eigenvalue weighted by Crippen LogP contribution is 2.33. The molecule has 0 spiro atoms. The van der Waals surface area contributed by atoms with Gasteiger partial charge in [-0.25, -0.2) is 0 Å². The van der Waals surface area contributed by atoms with Crippen LogP contribution in [0.15, 0.2) is 69.9 Å². The zero-order valence-corrected chi connectivity index (χ0v) is 18.3. The van der Waals surface area contributed by atoms with Crippen LogP contribution in [0.25, 0.3) is 11.0 Å². The summed E-state index contributed by atoms with van der Waals surface area (Å²) in [5.74, 6) is 1.91. The van der Waals surface area contributed by atoms with Gasteiger partial charge in [-0.05, 0) is 43.3 Å². The molecule has 0 fully saturated rings. The molecule has 0 saturated heterocycles. The SMILES string of the molecule is COc1ccccc1Oc1c(C)oc2cc(OCc3c(Cl)cccc3Cl)ccc2c1=O. The Morgan fingerprint density at radius 3 is 2.35 bits per heavy atom. The minimum Gasteiger partial charge on any atom is -0.493 e. The van der Waals surface area contributed by atoms with Gasteiger partial charge in [-0.15, -0.1) is 0 Å². The third kappa shape index (κ3) is 4.33. The molecule has 0 radical (unpaired) electrons. The molecule has 5 nitrogen and oxygen atoms in total. The van der Waals surface area contributed by atoms with Crippen LogP contribution in [0.5, 0.6) is 23.0 Å². The number of aryl methyl sites for hydroxylation is 1. The molecule has 1 heterocycles. The standard InChI is InChI=1S/C24H18Cl2O5/c1-14-24(31-21-9-4-3-8-20(21)28-2)23(27)16-11-10-15(12-22(16)30-14)29-13-17-18(25)6-5-7-19(17)26/h3-12H,13H2,1-2H3. The van der Waals surface area contributed by atoms with Gasteiger partial charge in [0.05, 0.1) is 12.5 Å². The summed E-state index contributed by atoms with van der Waals surface area (Å²) >= 11 is 12.4. The van der Waals surface area contributed by atoms with Crippen LogP contribution in [-0.2, 0) is 6.61 Å². The summed E-state index contributed by atoms with van der Waals surface area (Å²) < 4.78 is 22.8. The zero-order chi connectivity index (χ0) is 22.0. The normalized spacial score (nSPS) is 10.8. The number of fused-ring (bicyclic) bond motifs is 1. The van der Waals surface area contributed by atoms with Crippen molar-refractivity contribution in [2.24, 2.45) is 0 Å². The number of hydrogen-bond acceptors (Lipinski definition) is 5. The van der Waals surface area contributed by atoms with Gasteiger partial charge in [-0.2, -0.15) is 0 Å². The highest BCUT2D eigenvalue weighted by Gasteiger charge is 2.16. The lowest BCUT2D eigenvalue weighted by atomic mass is 10.2. The molecule has 1 aromatic heterocycles. The van der Waals surface area contributed by atoms with Crippen LogP contribution in [-0.4, -0.2) is 7.11 Å². The summed E-state index contributed by atoms with van der Waals surface area (Å²) in [5.41, 5.74) is 0.784. The van der Waals surface area contributed by atoms with Gasteiger partial charge >= 0.3 is 0 Å². The molecule has 4 aromatic rings. The molecule has 0 saturated carbocycles. The molecule has 31 heavy (non-hydrogen) atoms. The number of rotatable bonds is 6. The van der Waals surface area contributed by atoms with Gasteiger partial charge in [0.2, 0.25) is 11.2 Å². The van der Waals surface area contributed by atoms with Crippen LogP contribution in [0.4, 0.5) is 0 Å². The first-order valence-electron chi connectivity index (χ1n) is 9.42. The van der Waals surface area contributed by atoms with Crippen molar-refractivity contribution in [1.82, 2.24) is 0 Å². The zero-order valence-electron chi connectivity index (χ0n) is 16.8. The van der Waals surface area contributed by atoms with Crippen molar-refractivity contribution in [2.75, 3.05) is 7.11 Å². The van der Waals surface area contributed by atoms with E-state index >= 15 is 0 Å². The average molecular weight is 457 g/mol. The molecule has 0 aliphatic carbocycles. The van der Waals surface area contributed by atoms with E-state index in [0.717, 1.165) is 0 Å². The lowest BCUT2D eigenvalue weighted by molar-refractivity contribution is 0.306.